The van der Waals surface area contributed by atoms with Crippen LogP contribution >= 0.6 is 11.3 Å². The molecule has 2 heterocycles. The summed E-state index contributed by atoms with van der Waals surface area (Å²) in [5.41, 5.74) is 2.23. The monoisotopic (exact) mass is 300 g/mol. The molecular formula is C16H20N4S. The van der Waals surface area contributed by atoms with Gasteiger partial charge in [0.05, 0.1) is 22.1 Å². The van der Waals surface area contributed by atoms with Gasteiger partial charge in [-0.25, -0.2) is 9.97 Å². The number of nitrogens with zero attached hydrogens (tertiary/aromatic N) is 3. The van der Waals surface area contributed by atoms with Gasteiger partial charge in [0.25, 0.3) is 0 Å². The van der Waals surface area contributed by atoms with Crippen LogP contribution in [0, 0.1) is 0 Å². The maximum Gasteiger partial charge on any atom is 0.126 e. The molecule has 0 aliphatic carbocycles. The maximum absolute atomic E-state index is 4.74. The molecule has 0 aliphatic rings. The molecule has 0 saturated heterocycles. The Morgan fingerprint density at radius 3 is 2.81 bits per heavy atom. The number of fused-ring (bicyclic) bond motifs is 1. The Bertz CT molecular complexity index is 717. The lowest BCUT2D eigenvalue weighted by atomic mass is 10.2. The third-order valence-electron chi connectivity index (χ3n) is 3.81. The lowest BCUT2D eigenvalue weighted by molar-refractivity contribution is 0.506. The smallest absolute Gasteiger partial charge is 0.126 e. The van der Waals surface area contributed by atoms with Gasteiger partial charge in [-0.05, 0) is 19.1 Å². The zero-order chi connectivity index (χ0) is 14.8. The van der Waals surface area contributed by atoms with E-state index < -0.39 is 0 Å². The molecule has 1 aromatic carbocycles. The number of aromatic nitrogens is 3. The first kappa shape index (κ1) is 14.2. The first-order valence-corrected chi connectivity index (χ1v) is 8.09. The Kier molecular flexibility index (Phi) is 4.03. The van der Waals surface area contributed by atoms with Gasteiger partial charge in [0, 0.05) is 31.1 Å². The van der Waals surface area contributed by atoms with E-state index in [4.69, 9.17) is 4.98 Å². The van der Waals surface area contributed by atoms with Crippen LogP contribution in [-0.4, -0.2) is 21.1 Å². The highest BCUT2D eigenvalue weighted by Crippen LogP contribution is 2.21. The van der Waals surface area contributed by atoms with E-state index >= 15 is 0 Å². The van der Waals surface area contributed by atoms with Crippen molar-refractivity contribution in [3.63, 3.8) is 0 Å². The molecular weight excluding hydrogens is 280 g/mol. The van der Waals surface area contributed by atoms with Crippen LogP contribution in [0.3, 0.4) is 0 Å². The summed E-state index contributed by atoms with van der Waals surface area (Å²) >= 11 is 1.71. The molecule has 2 atom stereocenters. The molecule has 0 spiro atoms. The van der Waals surface area contributed by atoms with Crippen LogP contribution < -0.4 is 5.32 Å². The Morgan fingerprint density at radius 1 is 1.29 bits per heavy atom. The number of aryl methyl sites for hydroxylation is 1. The maximum atomic E-state index is 4.74. The van der Waals surface area contributed by atoms with Gasteiger partial charge in [-0.1, -0.05) is 19.1 Å². The van der Waals surface area contributed by atoms with Crippen molar-refractivity contribution in [2.24, 2.45) is 7.05 Å². The highest BCUT2D eigenvalue weighted by atomic mass is 32.1. The minimum atomic E-state index is 0.213. The average Bonchev–Trinajstić information content (AvgIpc) is 3.13. The second kappa shape index (κ2) is 5.95. The van der Waals surface area contributed by atoms with Gasteiger partial charge in [-0.15, -0.1) is 11.3 Å². The molecule has 4 nitrogen and oxygen atoms in total. The molecule has 110 valence electrons. The SMILES string of the molecule is CC(CNC(C)c1nc2ccccc2n1C)c1nccs1. The second-order valence-corrected chi connectivity index (χ2v) is 6.35. The van der Waals surface area contributed by atoms with Crippen molar-refractivity contribution in [1.82, 2.24) is 19.9 Å². The van der Waals surface area contributed by atoms with Crippen molar-refractivity contribution in [2.45, 2.75) is 25.8 Å². The molecule has 5 heteroatoms. The third kappa shape index (κ3) is 2.84. The number of thiazole rings is 1. The van der Waals surface area contributed by atoms with E-state index in [1.807, 2.05) is 17.6 Å². The Morgan fingerprint density at radius 2 is 2.10 bits per heavy atom. The van der Waals surface area contributed by atoms with Gasteiger partial charge in [-0.3, -0.25) is 0 Å². The second-order valence-electron chi connectivity index (χ2n) is 5.42. The summed E-state index contributed by atoms with van der Waals surface area (Å²) in [5.74, 6) is 1.49. The van der Waals surface area contributed by atoms with Crippen LogP contribution in [0.2, 0.25) is 0 Å². The van der Waals surface area contributed by atoms with Gasteiger partial charge < -0.3 is 9.88 Å². The van der Waals surface area contributed by atoms with Gasteiger partial charge >= 0.3 is 0 Å². The Balaban J connectivity index is 1.72. The number of nitrogens with one attached hydrogen (secondary N) is 1. The summed E-state index contributed by atoms with van der Waals surface area (Å²) in [6, 6.07) is 8.46. The number of para-hydroxylation sites is 2. The number of hydrogen-bond donors (Lipinski definition) is 1. The number of rotatable bonds is 5. The van der Waals surface area contributed by atoms with Gasteiger partial charge in [0.1, 0.15) is 5.82 Å². The van der Waals surface area contributed by atoms with Crippen LogP contribution in [0.4, 0.5) is 0 Å². The molecule has 3 aromatic rings. The van der Waals surface area contributed by atoms with Gasteiger partial charge in [-0.2, -0.15) is 0 Å². The molecule has 0 fully saturated rings. The standard InChI is InChI=1S/C16H20N4S/c1-11(16-17-8-9-21-16)10-18-12(2)15-19-13-6-4-5-7-14(13)20(15)3/h4-9,11-12,18H,10H2,1-3H3. The highest BCUT2D eigenvalue weighted by Gasteiger charge is 2.16. The van der Waals surface area contributed by atoms with E-state index in [0.717, 1.165) is 17.9 Å². The predicted octanol–water partition coefficient (Wildman–Crippen LogP) is 3.48. The van der Waals surface area contributed by atoms with Crippen LogP contribution in [0.25, 0.3) is 11.0 Å². The molecule has 2 aromatic heterocycles. The molecule has 0 saturated carbocycles. The molecule has 1 N–H and O–H groups in total. The minimum absolute atomic E-state index is 0.213. The van der Waals surface area contributed by atoms with E-state index in [2.05, 4.69) is 54.0 Å². The van der Waals surface area contributed by atoms with E-state index in [0.29, 0.717) is 5.92 Å². The molecule has 0 bridgehead atoms. The minimum Gasteiger partial charge on any atom is -0.330 e. The zero-order valence-electron chi connectivity index (χ0n) is 12.6. The summed E-state index contributed by atoms with van der Waals surface area (Å²) in [6.45, 7) is 5.27. The quantitative estimate of drug-likeness (QED) is 0.784. The fourth-order valence-electron chi connectivity index (χ4n) is 2.56. The fraction of sp³-hybridized carbons (Fsp3) is 0.375. The predicted molar refractivity (Wildman–Crippen MR) is 87.7 cm³/mol. The van der Waals surface area contributed by atoms with Crippen molar-refractivity contribution >= 4 is 22.4 Å². The van der Waals surface area contributed by atoms with Crippen LogP contribution in [0.1, 0.15) is 36.6 Å². The lowest BCUT2D eigenvalue weighted by Crippen LogP contribution is -2.25. The molecule has 0 aliphatic heterocycles. The van der Waals surface area contributed by atoms with Crippen molar-refractivity contribution in [2.75, 3.05) is 6.54 Å². The van der Waals surface area contributed by atoms with Gasteiger partial charge in [0.2, 0.25) is 0 Å². The highest BCUT2D eigenvalue weighted by molar-refractivity contribution is 7.09. The molecule has 0 radical (unpaired) electrons. The molecule has 0 amide bonds. The lowest BCUT2D eigenvalue weighted by Gasteiger charge is -2.16. The summed E-state index contributed by atoms with van der Waals surface area (Å²) < 4.78 is 2.17. The van der Waals surface area contributed by atoms with E-state index in [1.54, 1.807) is 11.3 Å². The topological polar surface area (TPSA) is 42.7 Å². The normalized spacial score (nSPS) is 14.4. The van der Waals surface area contributed by atoms with Crippen molar-refractivity contribution in [3.05, 3.63) is 46.7 Å². The van der Waals surface area contributed by atoms with Crippen LogP contribution in [0.5, 0.6) is 0 Å². The van der Waals surface area contributed by atoms with Crippen LogP contribution in [-0.2, 0) is 7.05 Å². The molecule has 2 unspecified atom stereocenters. The first-order chi connectivity index (χ1) is 10.2. The third-order valence-corrected chi connectivity index (χ3v) is 4.82. The number of benzene rings is 1. The van der Waals surface area contributed by atoms with Crippen molar-refractivity contribution < 1.29 is 0 Å². The summed E-state index contributed by atoms with van der Waals surface area (Å²) in [7, 11) is 2.08. The average molecular weight is 300 g/mol. The summed E-state index contributed by atoms with van der Waals surface area (Å²) in [4.78, 5) is 9.12. The molecule has 3 rings (SSSR count). The Labute approximate surface area is 128 Å². The first-order valence-electron chi connectivity index (χ1n) is 7.21. The number of hydrogen-bond acceptors (Lipinski definition) is 4. The van der Waals surface area contributed by atoms with Crippen molar-refractivity contribution in [1.29, 1.82) is 0 Å². The van der Waals surface area contributed by atoms with Crippen molar-refractivity contribution in [3.8, 4) is 0 Å². The molecule has 21 heavy (non-hydrogen) atoms. The van der Waals surface area contributed by atoms with Gasteiger partial charge in [0.15, 0.2) is 0 Å². The van der Waals surface area contributed by atoms with Crippen LogP contribution in [0.15, 0.2) is 35.8 Å². The summed E-state index contributed by atoms with van der Waals surface area (Å²) in [6.07, 6.45) is 1.87. The zero-order valence-corrected chi connectivity index (χ0v) is 13.4. The van der Waals surface area contributed by atoms with E-state index in [1.165, 1.54) is 10.5 Å². The Hall–Kier alpha value is -1.72. The fourth-order valence-corrected chi connectivity index (χ4v) is 3.26. The van der Waals surface area contributed by atoms with E-state index in [9.17, 15) is 0 Å². The largest absolute Gasteiger partial charge is 0.330 e. The van der Waals surface area contributed by atoms with E-state index in [-0.39, 0.29) is 6.04 Å². The summed E-state index contributed by atoms with van der Waals surface area (Å²) in [5, 5.41) is 6.78. The number of imidazole rings is 1.